The summed E-state index contributed by atoms with van der Waals surface area (Å²) in [6.07, 6.45) is 6.31. The largest absolute Gasteiger partial charge is 0.371 e. The molecule has 0 unspecified atom stereocenters. The van der Waals surface area contributed by atoms with Crippen LogP contribution in [0.4, 0.5) is 5.69 Å². The van der Waals surface area contributed by atoms with Crippen LogP contribution in [0, 0.1) is 17.2 Å². The van der Waals surface area contributed by atoms with E-state index in [9.17, 15) is 4.79 Å². The highest BCUT2D eigenvalue weighted by Crippen LogP contribution is 2.23. The molecule has 1 amide bonds. The second kappa shape index (κ2) is 7.66. The van der Waals surface area contributed by atoms with Crippen molar-refractivity contribution in [3.8, 4) is 6.07 Å². The monoisotopic (exact) mass is 272 g/mol. The van der Waals surface area contributed by atoms with Crippen molar-refractivity contribution in [1.29, 1.82) is 5.26 Å². The minimum absolute atomic E-state index is 0.0767. The number of ether oxygens (including phenoxy) is 1. The van der Waals surface area contributed by atoms with Gasteiger partial charge in [-0.1, -0.05) is 25.3 Å². The number of nitriles is 1. The third kappa shape index (κ3) is 4.67. The quantitative estimate of drug-likeness (QED) is 0.896. The van der Waals surface area contributed by atoms with Crippen molar-refractivity contribution in [2.45, 2.75) is 32.1 Å². The molecule has 20 heavy (non-hydrogen) atoms. The van der Waals surface area contributed by atoms with E-state index in [1.807, 2.05) is 6.07 Å². The van der Waals surface area contributed by atoms with Crippen LogP contribution in [0.15, 0.2) is 24.3 Å². The van der Waals surface area contributed by atoms with E-state index in [1.165, 1.54) is 32.1 Å². The number of nitrogens with one attached hydrogen (secondary N) is 1. The first-order valence-electron chi connectivity index (χ1n) is 7.15. The first-order valence-corrected chi connectivity index (χ1v) is 7.15. The van der Waals surface area contributed by atoms with Crippen LogP contribution in [0.3, 0.4) is 0 Å². The Morgan fingerprint density at radius 2 is 2.15 bits per heavy atom. The summed E-state index contributed by atoms with van der Waals surface area (Å²) in [5, 5.41) is 11.5. The third-order valence-electron chi connectivity index (χ3n) is 3.59. The van der Waals surface area contributed by atoms with Crippen LogP contribution in [0.5, 0.6) is 0 Å². The Morgan fingerprint density at radius 3 is 2.90 bits per heavy atom. The molecule has 1 aliphatic rings. The number of carbonyl (C=O) groups excluding carboxylic acids is 1. The zero-order chi connectivity index (χ0) is 14.2. The summed E-state index contributed by atoms with van der Waals surface area (Å²) >= 11 is 0. The fourth-order valence-electron chi connectivity index (χ4n) is 2.54. The SMILES string of the molecule is N#Cc1cccc(NC(=O)COCC2CCCCC2)c1. The maximum atomic E-state index is 11.7. The van der Waals surface area contributed by atoms with Gasteiger partial charge in [-0.2, -0.15) is 5.26 Å². The molecular weight excluding hydrogens is 252 g/mol. The number of rotatable bonds is 5. The second-order valence-corrected chi connectivity index (χ2v) is 5.26. The van der Waals surface area contributed by atoms with Gasteiger partial charge in [0.15, 0.2) is 0 Å². The number of carbonyl (C=O) groups is 1. The van der Waals surface area contributed by atoms with Gasteiger partial charge in [-0.3, -0.25) is 4.79 Å². The van der Waals surface area contributed by atoms with Gasteiger partial charge in [0.25, 0.3) is 0 Å². The van der Waals surface area contributed by atoms with Crippen molar-refractivity contribution in [3.63, 3.8) is 0 Å². The van der Waals surface area contributed by atoms with Gasteiger partial charge in [-0.05, 0) is 37.0 Å². The van der Waals surface area contributed by atoms with Crippen molar-refractivity contribution in [1.82, 2.24) is 0 Å². The normalized spacial score (nSPS) is 15.6. The predicted molar refractivity (Wildman–Crippen MR) is 77.2 cm³/mol. The summed E-state index contributed by atoms with van der Waals surface area (Å²) < 4.78 is 5.49. The van der Waals surface area contributed by atoms with Gasteiger partial charge in [-0.25, -0.2) is 0 Å². The molecular formula is C16H20N2O2. The second-order valence-electron chi connectivity index (χ2n) is 5.26. The first kappa shape index (κ1) is 14.5. The molecule has 0 aromatic heterocycles. The topological polar surface area (TPSA) is 62.1 Å². The van der Waals surface area contributed by atoms with Gasteiger partial charge in [-0.15, -0.1) is 0 Å². The molecule has 1 N–H and O–H groups in total. The maximum absolute atomic E-state index is 11.7. The predicted octanol–water partition coefficient (Wildman–Crippen LogP) is 3.09. The average molecular weight is 272 g/mol. The molecule has 0 atom stereocenters. The molecule has 0 saturated heterocycles. The molecule has 4 nitrogen and oxygen atoms in total. The van der Waals surface area contributed by atoms with Gasteiger partial charge in [0.2, 0.25) is 5.91 Å². The summed E-state index contributed by atoms with van der Waals surface area (Å²) in [5.41, 5.74) is 1.17. The molecule has 1 aromatic carbocycles. The molecule has 1 saturated carbocycles. The van der Waals surface area contributed by atoms with E-state index in [4.69, 9.17) is 10.00 Å². The Labute approximate surface area is 119 Å². The number of benzene rings is 1. The minimum Gasteiger partial charge on any atom is -0.371 e. The lowest BCUT2D eigenvalue weighted by molar-refractivity contribution is -0.121. The summed E-state index contributed by atoms with van der Waals surface area (Å²) in [5.74, 6) is 0.439. The highest BCUT2D eigenvalue weighted by Gasteiger charge is 2.14. The van der Waals surface area contributed by atoms with Crippen LogP contribution in [-0.4, -0.2) is 19.1 Å². The summed E-state index contributed by atoms with van der Waals surface area (Å²) in [4.78, 5) is 11.7. The third-order valence-corrected chi connectivity index (χ3v) is 3.59. The molecule has 1 aliphatic carbocycles. The van der Waals surface area contributed by atoms with Crippen molar-refractivity contribution < 1.29 is 9.53 Å². The number of nitrogens with zero attached hydrogens (tertiary/aromatic N) is 1. The van der Waals surface area contributed by atoms with Gasteiger partial charge in [0.05, 0.1) is 18.2 Å². The molecule has 106 valence electrons. The molecule has 1 fully saturated rings. The van der Waals surface area contributed by atoms with E-state index in [2.05, 4.69) is 5.32 Å². The number of hydrogen-bond acceptors (Lipinski definition) is 3. The van der Waals surface area contributed by atoms with Crippen molar-refractivity contribution in [2.24, 2.45) is 5.92 Å². The Hall–Kier alpha value is -1.86. The summed E-state index contributed by atoms with van der Waals surface area (Å²) in [6.45, 7) is 0.749. The van der Waals surface area contributed by atoms with Crippen LogP contribution in [0.25, 0.3) is 0 Å². The Balaban J connectivity index is 1.70. The van der Waals surface area contributed by atoms with E-state index in [0.717, 1.165) is 0 Å². The first-order chi connectivity index (χ1) is 9.78. The van der Waals surface area contributed by atoms with E-state index in [-0.39, 0.29) is 12.5 Å². The lowest BCUT2D eigenvalue weighted by Crippen LogP contribution is -2.21. The minimum atomic E-state index is -0.170. The highest BCUT2D eigenvalue weighted by molar-refractivity contribution is 5.91. The Bertz CT molecular complexity index is 487. The van der Waals surface area contributed by atoms with E-state index < -0.39 is 0 Å². The maximum Gasteiger partial charge on any atom is 0.250 e. The van der Waals surface area contributed by atoms with Crippen LogP contribution in [0.2, 0.25) is 0 Å². The number of anilines is 1. The Morgan fingerprint density at radius 1 is 1.35 bits per heavy atom. The summed E-state index contributed by atoms with van der Waals surface area (Å²) in [6, 6.07) is 8.91. The van der Waals surface area contributed by atoms with E-state index in [1.54, 1.807) is 24.3 Å². The van der Waals surface area contributed by atoms with Crippen LogP contribution >= 0.6 is 0 Å². The van der Waals surface area contributed by atoms with Gasteiger partial charge < -0.3 is 10.1 Å². The zero-order valence-corrected chi connectivity index (χ0v) is 11.6. The lowest BCUT2D eigenvalue weighted by atomic mass is 9.90. The van der Waals surface area contributed by atoms with Crippen LogP contribution in [-0.2, 0) is 9.53 Å². The van der Waals surface area contributed by atoms with Gasteiger partial charge >= 0.3 is 0 Å². The fourth-order valence-corrected chi connectivity index (χ4v) is 2.54. The summed E-state index contributed by atoms with van der Waals surface area (Å²) in [7, 11) is 0. The van der Waals surface area contributed by atoms with Crippen molar-refractivity contribution in [2.75, 3.05) is 18.5 Å². The fraction of sp³-hybridized carbons (Fsp3) is 0.500. The molecule has 0 heterocycles. The lowest BCUT2D eigenvalue weighted by Gasteiger charge is -2.21. The molecule has 0 bridgehead atoms. The molecule has 2 rings (SSSR count). The molecule has 0 aliphatic heterocycles. The van der Waals surface area contributed by atoms with Gasteiger partial charge in [0, 0.05) is 5.69 Å². The Kier molecular flexibility index (Phi) is 5.57. The average Bonchev–Trinajstić information content (AvgIpc) is 2.48. The van der Waals surface area contributed by atoms with Crippen LogP contribution < -0.4 is 5.32 Å². The standard InChI is InChI=1S/C16H20N2O2/c17-10-14-7-4-8-15(9-14)18-16(19)12-20-11-13-5-2-1-3-6-13/h4,7-9,13H,1-3,5-6,11-12H2,(H,18,19). The molecule has 1 aromatic rings. The number of amides is 1. The molecule has 4 heteroatoms. The zero-order valence-electron chi connectivity index (χ0n) is 11.6. The van der Waals surface area contributed by atoms with Crippen molar-refractivity contribution >= 4 is 11.6 Å². The van der Waals surface area contributed by atoms with Crippen LogP contribution in [0.1, 0.15) is 37.7 Å². The highest BCUT2D eigenvalue weighted by atomic mass is 16.5. The van der Waals surface area contributed by atoms with Crippen molar-refractivity contribution in [3.05, 3.63) is 29.8 Å². The molecule has 0 spiro atoms. The smallest absolute Gasteiger partial charge is 0.250 e. The van der Waals surface area contributed by atoms with Gasteiger partial charge in [0.1, 0.15) is 6.61 Å². The molecule has 0 radical (unpaired) electrons. The van der Waals surface area contributed by atoms with E-state index in [0.29, 0.717) is 23.8 Å². The van der Waals surface area contributed by atoms with E-state index >= 15 is 0 Å². The number of hydrogen-bond donors (Lipinski definition) is 1.